The zero-order valence-electron chi connectivity index (χ0n) is 16.2. The summed E-state index contributed by atoms with van der Waals surface area (Å²) in [7, 11) is 0. The van der Waals surface area contributed by atoms with Crippen molar-refractivity contribution in [2.75, 3.05) is 5.32 Å². The van der Waals surface area contributed by atoms with Crippen LogP contribution in [-0.4, -0.2) is 15.9 Å². The number of thioether (sulfide) groups is 1. The first kappa shape index (κ1) is 20.1. The van der Waals surface area contributed by atoms with E-state index < -0.39 is 0 Å². The molecule has 0 aliphatic rings. The van der Waals surface area contributed by atoms with Crippen LogP contribution in [-0.2, 0) is 5.75 Å². The van der Waals surface area contributed by atoms with E-state index in [4.69, 9.17) is 4.74 Å². The van der Waals surface area contributed by atoms with Crippen molar-refractivity contribution < 1.29 is 9.53 Å². The van der Waals surface area contributed by atoms with Gasteiger partial charge in [0.15, 0.2) is 0 Å². The molecule has 4 rings (SSSR count). The van der Waals surface area contributed by atoms with Crippen LogP contribution in [0.1, 0.15) is 21.6 Å². The van der Waals surface area contributed by atoms with Crippen molar-refractivity contribution in [2.24, 2.45) is 0 Å². The molecule has 2 heterocycles. The molecule has 2 aromatic heterocycles. The predicted molar refractivity (Wildman–Crippen MR) is 122 cm³/mol. The van der Waals surface area contributed by atoms with Crippen molar-refractivity contribution in [2.45, 2.75) is 17.6 Å². The van der Waals surface area contributed by atoms with E-state index in [0.717, 1.165) is 33.3 Å². The SMILES string of the molecule is Cc1cc(NC(=O)c2ccccc2SCc2cscn2)ccc1Oc1cccnc1. The lowest BCUT2D eigenvalue weighted by Gasteiger charge is -2.12. The zero-order chi connectivity index (χ0) is 20.8. The summed E-state index contributed by atoms with van der Waals surface area (Å²) in [5.74, 6) is 1.98. The number of hydrogen-bond donors (Lipinski definition) is 1. The fourth-order valence-electron chi connectivity index (χ4n) is 2.82. The smallest absolute Gasteiger partial charge is 0.256 e. The quantitative estimate of drug-likeness (QED) is 0.352. The second-order valence-electron chi connectivity index (χ2n) is 6.49. The van der Waals surface area contributed by atoms with Gasteiger partial charge in [0.2, 0.25) is 0 Å². The Hall–Kier alpha value is -3.16. The fourth-order valence-corrected chi connectivity index (χ4v) is 4.43. The molecule has 5 nitrogen and oxygen atoms in total. The molecule has 7 heteroatoms. The van der Waals surface area contributed by atoms with Gasteiger partial charge in [-0.2, -0.15) is 0 Å². The van der Waals surface area contributed by atoms with E-state index >= 15 is 0 Å². The number of amides is 1. The molecule has 150 valence electrons. The number of pyridine rings is 1. The van der Waals surface area contributed by atoms with E-state index in [0.29, 0.717) is 11.3 Å². The van der Waals surface area contributed by atoms with Crippen LogP contribution in [0.4, 0.5) is 5.69 Å². The predicted octanol–water partition coefficient (Wildman–Crippen LogP) is 6.18. The van der Waals surface area contributed by atoms with Crippen molar-refractivity contribution in [1.82, 2.24) is 9.97 Å². The number of anilines is 1. The van der Waals surface area contributed by atoms with Crippen LogP contribution in [0, 0.1) is 6.92 Å². The molecule has 1 N–H and O–H groups in total. The summed E-state index contributed by atoms with van der Waals surface area (Å²) in [4.78, 5) is 22.2. The van der Waals surface area contributed by atoms with Gasteiger partial charge in [-0.05, 0) is 55.0 Å². The number of thiazole rings is 1. The second kappa shape index (κ2) is 9.56. The van der Waals surface area contributed by atoms with E-state index in [9.17, 15) is 4.79 Å². The Kier molecular flexibility index (Phi) is 6.41. The first-order valence-corrected chi connectivity index (χ1v) is 11.2. The lowest BCUT2D eigenvalue weighted by molar-refractivity contribution is 0.102. The molecule has 0 aliphatic heterocycles. The molecule has 0 aliphatic carbocycles. The third kappa shape index (κ3) is 5.06. The summed E-state index contributed by atoms with van der Waals surface area (Å²) in [5, 5.41) is 5.01. The van der Waals surface area contributed by atoms with E-state index in [2.05, 4.69) is 15.3 Å². The van der Waals surface area contributed by atoms with Crippen LogP contribution in [0.15, 0.2) is 82.8 Å². The number of carbonyl (C=O) groups is 1. The van der Waals surface area contributed by atoms with E-state index in [1.165, 1.54) is 0 Å². The van der Waals surface area contributed by atoms with Crippen LogP contribution in [0.2, 0.25) is 0 Å². The van der Waals surface area contributed by atoms with Gasteiger partial charge in [0.1, 0.15) is 11.5 Å². The maximum Gasteiger partial charge on any atom is 0.256 e. The molecule has 0 fully saturated rings. The molecular weight excluding hydrogens is 414 g/mol. The van der Waals surface area contributed by atoms with E-state index in [-0.39, 0.29) is 5.91 Å². The third-order valence-corrected chi connectivity index (χ3v) is 6.03. The summed E-state index contributed by atoms with van der Waals surface area (Å²) in [6.07, 6.45) is 3.36. The van der Waals surface area contributed by atoms with Crippen LogP contribution in [0.3, 0.4) is 0 Å². The largest absolute Gasteiger partial charge is 0.455 e. The second-order valence-corrected chi connectivity index (χ2v) is 8.23. The Morgan fingerprint density at radius 1 is 1.17 bits per heavy atom. The van der Waals surface area contributed by atoms with Crippen LogP contribution >= 0.6 is 23.1 Å². The van der Waals surface area contributed by atoms with Crippen LogP contribution in [0.25, 0.3) is 0 Å². The average Bonchev–Trinajstić information content (AvgIpc) is 3.29. The lowest BCUT2D eigenvalue weighted by Crippen LogP contribution is -2.13. The number of rotatable bonds is 7. The van der Waals surface area contributed by atoms with Crippen molar-refractivity contribution in [1.29, 1.82) is 0 Å². The molecule has 2 aromatic carbocycles. The highest BCUT2D eigenvalue weighted by Gasteiger charge is 2.13. The zero-order valence-corrected chi connectivity index (χ0v) is 17.9. The Morgan fingerprint density at radius 3 is 2.83 bits per heavy atom. The first-order chi connectivity index (χ1) is 14.7. The molecular formula is C23H19N3O2S2. The summed E-state index contributed by atoms with van der Waals surface area (Å²) in [6.45, 7) is 1.94. The van der Waals surface area contributed by atoms with Crippen molar-refractivity contribution in [3.63, 3.8) is 0 Å². The molecule has 30 heavy (non-hydrogen) atoms. The van der Waals surface area contributed by atoms with Gasteiger partial charge in [-0.25, -0.2) is 4.98 Å². The minimum Gasteiger partial charge on any atom is -0.455 e. The molecule has 1 amide bonds. The number of aryl methyl sites for hydroxylation is 1. The number of nitrogens with zero attached hydrogens (tertiary/aromatic N) is 2. The van der Waals surface area contributed by atoms with Gasteiger partial charge in [-0.1, -0.05) is 12.1 Å². The molecule has 0 bridgehead atoms. The summed E-state index contributed by atoms with van der Waals surface area (Å²) >= 11 is 3.18. The van der Waals surface area contributed by atoms with Gasteiger partial charge in [0.25, 0.3) is 5.91 Å². The van der Waals surface area contributed by atoms with E-state index in [1.807, 2.05) is 72.4 Å². The fraction of sp³-hybridized carbons (Fsp3) is 0.0870. The Bertz CT molecular complexity index is 1130. The summed E-state index contributed by atoms with van der Waals surface area (Å²) in [5.41, 5.74) is 5.11. The number of benzene rings is 2. The maximum atomic E-state index is 12.9. The van der Waals surface area contributed by atoms with Gasteiger partial charge < -0.3 is 10.1 Å². The third-order valence-electron chi connectivity index (χ3n) is 4.29. The highest BCUT2D eigenvalue weighted by Crippen LogP contribution is 2.29. The molecule has 0 radical (unpaired) electrons. The number of carbonyl (C=O) groups excluding carboxylic acids is 1. The minimum atomic E-state index is -0.142. The summed E-state index contributed by atoms with van der Waals surface area (Å²) in [6, 6.07) is 16.9. The molecule has 0 atom stereocenters. The number of ether oxygens (including phenoxy) is 1. The van der Waals surface area contributed by atoms with Gasteiger partial charge >= 0.3 is 0 Å². The number of hydrogen-bond acceptors (Lipinski definition) is 6. The molecule has 0 spiro atoms. The van der Waals surface area contributed by atoms with Crippen LogP contribution in [0.5, 0.6) is 11.5 Å². The normalized spacial score (nSPS) is 10.6. The molecule has 0 unspecified atom stereocenters. The monoisotopic (exact) mass is 433 g/mol. The minimum absolute atomic E-state index is 0.142. The van der Waals surface area contributed by atoms with Gasteiger partial charge in [0.05, 0.1) is 23.0 Å². The topological polar surface area (TPSA) is 64.1 Å². The van der Waals surface area contributed by atoms with Crippen LogP contribution < -0.4 is 10.1 Å². The summed E-state index contributed by atoms with van der Waals surface area (Å²) < 4.78 is 5.86. The molecule has 0 saturated heterocycles. The first-order valence-electron chi connectivity index (χ1n) is 9.28. The lowest BCUT2D eigenvalue weighted by atomic mass is 10.1. The van der Waals surface area contributed by atoms with Crippen molar-refractivity contribution in [3.8, 4) is 11.5 Å². The average molecular weight is 434 g/mol. The maximum absolute atomic E-state index is 12.9. The Labute approximate surface area is 183 Å². The molecule has 0 saturated carbocycles. The Morgan fingerprint density at radius 2 is 2.07 bits per heavy atom. The van der Waals surface area contributed by atoms with Crippen molar-refractivity contribution in [3.05, 3.63) is 94.7 Å². The van der Waals surface area contributed by atoms with Gasteiger partial charge in [0, 0.05) is 27.9 Å². The standard InChI is InChI=1S/C23H19N3O2S2/c1-16-11-17(8-9-21(16)28-19-5-4-10-24-12-19)26-23(27)20-6-2-3-7-22(20)30-14-18-13-29-15-25-18/h2-13,15H,14H2,1H3,(H,26,27). The van der Waals surface area contributed by atoms with E-state index in [1.54, 1.807) is 35.5 Å². The van der Waals surface area contributed by atoms with Gasteiger partial charge in [-0.3, -0.25) is 9.78 Å². The highest BCUT2D eigenvalue weighted by molar-refractivity contribution is 7.98. The number of aromatic nitrogens is 2. The molecule has 4 aromatic rings. The Balaban J connectivity index is 1.45. The highest BCUT2D eigenvalue weighted by atomic mass is 32.2. The van der Waals surface area contributed by atoms with Crippen molar-refractivity contribution >= 4 is 34.7 Å². The van der Waals surface area contributed by atoms with Gasteiger partial charge in [-0.15, -0.1) is 23.1 Å². The number of nitrogens with one attached hydrogen (secondary N) is 1.